The summed E-state index contributed by atoms with van der Waals surface area (Å²) in [5, 5.41) is 2.01. The van der Waals surface area contributed by atoms with Gasteiger partial charge in [-0.05, 0) is 30.3 Å². The van der Waals surface area contributed by atoms with Gasteiger partial charge in [-0.2, -0.15) is 0 Å². The summed E-state index contributed by atoms with van der Waals surface area (Å²) in [6, 6.07) is 9.55. The number of ether oxygens (including phenoxy) is 2. The molecule has 0 amide bonds. The van der Waals surface area contributed by atoms with Gasteiger partial charge in [0.05, 0.1) is 14.2 Å². The lowest BCUT2D eigenvalue weighted by Crippen LogP contribution is -1.89. The molecule has 0 aromatic heterocycles. The third-order valence-corrected chi connectivity index (χ3v) is 2.60. The Morgan fingerprint density at radius 1 is 0.867 bits per heavy atom. The maximum absolute atomic E-state index is 5.28. The smallest absolute Gasteiger partial charge is 0.127 e. The van der Waals surface area contributed by atoms with Crippen LogP contribution in [0, 0.1) is 0 Å². The summed E-state index contributed by atoms with van der Waals surface area (Å²) in [5.41, 5.74) is 0. The van der Waals surface area contributed by atoms with Gasteiger partial charge in [0.25, 0.3) is 0 Å². The average Bonchev–Trinajstić information content (AvgIpc) is 2.27. The van der Waals surface area contributed by atoms with Crippen molar-refractivity contribution in [3.63, 3.8) is 0 Å². The maximum atomic E-state index is 5.28. The van der Waals surface area contributed by atoms with Crippen LogP contribution in [0.1, 0.15) is 0 Å². The number of fused-ring (bicyclic) bond motifs is 1. The summed E-state index contributed by atoms with van der Waals surface area (Å²) in [6.45, 7) is 0. The maximum Gasteiger partial charge on any atom is 0.127 e. The molecule has 2 rings (SSSR count). The molecule has 0 saturated heterocycles. The van der Waals surface area contributed by atoms with E-state index in [1.54, 1.807) is 14.2 Å². The van der Waals surface area contributed by atoms with Crippen LogP contribution in [-0.4, -0.2) is 14.2 Å². The van der Waals surface area contributed by atoms with Crippen LogP contribution in [0.2, 0.25) is 0 Å². The molecule has 0 fully saturated rings. The number of rotatable bonds is 2. The van der Waals surface area contributed by atoms with E-state index in [0.29, 0.717) is 0 Å². The zero-order valence-electron chi connectivity index (χ0n) is 8.61. The van der Waals surface area contributed by atoms with E-state index in [1.165, 1.54) is 0 Å². The van der Waals surface area contributed by atoms with E-state index in [4.69, 9.17) is 22.1 Å². The molecule has 0 heterocycles. The Kier molecular flexibility index (Phi) is 2.64. The van der Waals surface area contributed by atoms with E-state index in [-0.39, 0.29) is 0 Å². The van der Waals surface area contributed by atoms with Gasteiger partial charge < -0.3 is 9.47 Å². The molecule has 0 N–H and O–H groups in total. The van der Waals surface area contributed by atoms with Gasteiger partial charge in [0.15, 0.2) is 0 Å². The minimum Gasteiger partial charge on any atom is -0.496 e. The summed E-state index contributed by atoms with van der Waals surface area (Å²) in [4.78, 5) is 0.800. The summed E-state index contributed by atoms with van der Waals surface area (Å²) >= 11 is 5.13. The zero-order chi connectivity index (χ0) is 10.8. The van der Waals surface area contributed by atoms with Gasteiger partial charge in [-0.1, -0.05) is 12.6 Å². The van der Waals surface area contributed by atoms with Crippen LogP contribution in [0.25, 0.3) is 10.8 Å². The predicted molar refractivity (Wildman–Crippen MR) is 62.9 cm³/mol. The van der Waals surface area contributed by atoms with Gasteiger partial charge in [0.2, 0.25) is 0 Å². The first kappa shape index (κ1) is 10.1. The first-order valence-corrected chi connectivity index (χ1v) is 4.99. The SMILES string of the molecule is COc1ccc(OC)c2cc([S])ccc12. The van der Waals surface area contributed by atoms with Gasteiger partial charge in [0, 0.05) is 15.7 Å². The van der Waals surface area contributed by atoms with E-state index >= 15 is 0 Å². The molecule has 0 aliphatic rings. The van der Waals surface area contributed by atoms with Crippen LogP contribution in [0.5, 0.6) is 11.5 Å². The molecule has 0 atom stereocenters. The van der Waals surface area contributed by atoms with Crippen molar-refractivity contribution in [3.05, 3.63) is 30.3 Å². The Morgan fingerprint density at radius 2 is 1.47 bits per heavy atom. The number of methoxy groups -OCH3 is 2. The minimum atomic E-state index is 0.800. The molecule has 15 heavy (non-hydrogen) atoms. The minimum absolute atomic E-state index is 0.800. The fourth-order valence-electron chi connectivity index (χ4n) is 1.63. The number of hydrogen-bond acceptors (Lipinski definition) is 2. The molecule has 0 spiro atoms. The van der Waals surface area contributed by atoms with Crippen molar-refractivity contribution in [1.82, 2.24) is 0 Å². The van der Waals surface area contributed by atoms with Gasteiger partial charge in [-0.15, -0.1) is 0 Å². The van der Waals surface area contributed by atoms with E-state index in [9.17, 15) is 0 Å². The van der Waals surface area contributed by atoms with Gasteiger partial charge >= 0.3 is 0 Å². The quantitative estimate of drug-likeness (QED) is 0.770. The second kappa shape index (κ2) is 3.95. The topological polar surface area (TPSA) is 18.5 Å². The molecule has 0 aliphatic carbocycles. The molecule has 1 radical (unpaired) electrons. The molecular formula is C12H11O2S. The molecule has 2 aromatic rings. The Bertz CT molecular complexity index is 494. The van der Waals surface area contributed by atoms with E-state index in [0.717, 1.165) is 27.2 Å². The summed E-state index contributed by atoms with van der Waals surface area (Å²) in [5.74, 6) is 1.65. The van der Waals surface area contributed by atoms with Crippen molar-refractivity contribution in [3.8, 4) is 11.5 Å². The van der Waals surface area contributed by atoms with Crippen molar-refractivity contribution < 1.29 is 9.47 Å². The van der Waals surface area contributed by atoms with Crippen molar-refractivity contribution in [1.29, 1.82) is 0 Å². The Hall–Kier alpha value is -1.48. The second-order valence-electron chi connectivity index (χ2n) is 3.18. The van der Waals surface area contributed by atoms with Crippen LogP contribution in [0.15, 0.2) is 35.2 Å². The first-order chi connectivity index (χ1) is 7.26. The average molecular weight is 219 g/mol. The highest BCUT2D eigenvalue weighted by Crippen LogP contribution is 2.34. The van der Waals surface area contributed by atoms with Crippen LogP contribution in [-0.2, 0) is 0 Å². The fourth-order valence-corrected chi connectivity index (χ4v) is 1.81. The van der Waals surface area contributed by atoms with E-state index in [1.807, 2.05) is 30.3 Å². The van der Waals surface area contributed by atoms with Crippen molar-refractivity contribution in [2.75, 3.05) is 14.2 Å². The highest BCUT2D eigenvalue weighted by atomic mass is 32.1. The van der Waals surface area contributed by atoms with Crippen molar-refractivity contribution >= 4 is 23.4 Å². The Balaban J connectivity index is 2.80. The Morgan fingerprint density at radius 3 is 2.07 bits per heavy atom. The fraction of sp³-hybridized carbons (Fsp3) is 0.167. The monoisotopic (exact) mass is 219 g/mol. The zero-order valence-corrected chi connectivity index (χ0v) is 9.43. The van der Waals surface area contributed by atoms with Crippen LogP contribution < -0.4 is 9.47 Å². The summed E-state index contributed by atoms with van der Waals surface area (Å²) in [7, 11) is 3.31. The second-order valence-corrected chi connectivity index (χ2v) is 3.65. The molecule has 77 valence electrons. The molecule has 2 aromatic carbocycles. The normalized spacial score (nSPS) is 10.3. The van der Waals surface area contributed by atoms with Gasteiger partial charge in [-0.3, -0.25) is 0 Å². The molecule has 0 unspecified atom stereocenters. The Labute approximate surface area is 94.2 Å². The molecule has 3 heteroatoms. The van der Waals surface area contributed by atoms with Gasteiger partial charge in [-0.25, -0.2) is 0 Å². The third kappa shape index (κ3) is 1.70. The summed E-state index contributed by atoms with van der Waals surface area (Å²) in [6.07, 6.45) is 0. The third-order valence-electron chi connectivity index (χ3n) is 2.35. The molecule has 2 nitrogen and oxygen atoms in total. The highest BCUT2D eigenvalue weighted by Gasteiger charge is 2.06. The highest BCUT2D eigenvalue weighted by molar-refractivity contribution is 7.80. The predicted octanol–water partition coefficient (Wildman–Crippen LogP) is 3.41. The van der Waals surface area contributed by atoms with Crippen LogP contribution in [0.4, 0.5) is 0 Å². The molecular weight excluding hydrogens is 208 g/mol. The van der Waals surface area contributed by atoms with Crippen molar-refractivity contribution in [2.24, 2.45) is 0 Å². The lowest BCUT2D eigenvalue weighted by Gasteiger charge is -2.09. The van der Waals surface area contributed by atoms with Gasteiger partial charge in [0.1, 0.15) is 11.5 Å². The van der Waals surface area contributed by atoms with Crippen LogP contribution >= 0.6 is 12.6 Å². The van der Waals surface area contributed by atoms with Crippen LogP contribution in [0.3, 0.4) is 0 Å². The first-order valence-electron chi connectivity index (χ1n) is 4.58. The number of benzene rings is 2. The van der Waals surface area contributed by atoms with Crippen molar-refractivity contribution in [2.45, 2.75) is 4.90 Å². The number of hydrogen-bond donors (Lipinski definition) is 0. The van der Waals surface area contributed by atoms with E-state index in [2.05, 4.69) is 0 Å². The molecule has 0 saturated carbocycles. The van der Waals surface area contributed by atoms with E-state index < -0.39 is 0 Å². The largest absolute Gasteiger partial charge is 0.496 e. The molecule has 0 aliphatic heterocycles. The lowest BCUT2D eigenvalue weighted by molar-refractivity contribution is 0.410. The molecule has 0 bridgehead atoms. The standard InChI is InChI=1S/C12H11O2S/c1-13-11-5-6-12(14-2)10-7-8(15)3-4-9(10)11/h3-7H,1-2H3. The summed E-state index contributed by atoms with van der Waals surface area (Å²) < 4.78 is 10.6. The lowest BCUT2D eigenvalue weighted by atomic mass is 10.1.